The highest BCUT2D eigenvalue weighted by Gasteiger charge is 2.11. The molecule has 0 aliphatic heterocycles. The third-order valence-electron chi connectivity index (χ3n) is 3.82. The number of tetrazole rings is 1. The summed E-state index contributed by atoms with van der Waals surface area (Å²) in [5, 5.41) is 16.5. The molecule has 4 rings (SSSR count). The lowest BCUT2D eigenvalue weighted by molar-refractivity contribution is 0.352. The minimum absolute atomic E-state index is 0.294. The fourth-order valence-corrected chi connectivity index (χ4v) is 2.77. The molecular weight excluding hydrogens is 396 g/mol. The molecule has 0 spiro atoms. The van der Waals surface area contributed by atoms with Crippen LogP contribution in [0.15, 0.2) is 63.6 Å². The zero-order valence-corrected chi connectivity index (χ0v) is 15.4. The molecule has 4 aromatic rings. The van der Waals surface area contributed by atoms with E-state index in [-0.39, 0.29) is 0 Å². The van der Waals surface area contributed by atoms with Gasteiger partial charge >= 0.3 is 0 Å². The van der Waals surface area contributed by atoms with Crippen LogP contribution in [-0.4, -0.2) is 30.3 Å². The van der Waals surface area contributed by atoms with Gasteiger partial charge in [0.05, 0.1) is 0 Å². The largest absolute Gasteiger partial charge is 0.337 e. The summed E-state index contributed by atoms with van der Waals surface area (Å²) in [6.45, 7) is 0.294. The highest BCUT2D eigenvalue weighted by molar-refractivity contribution is 9.10. The van der Waals surface area contributed by atoms with Crippen molar-refractivity contribution in [2.45, 2.75) is 19.4 Å². The van der Waals surface area contributed by atoms with Gasteiger partial charge in [-0.05, 0) is 41.5 Å². The predicted molar refractivity (Wildman–Crippen MR) is 98.2 cm³/mol. The van der Waals surface area contributed by atoms with Crippen molar-refractivity contribution < 1.29 is 4.52 Å². The van der Waals surface area contributed by atoms with Crippen LogP contribution in [0.4, 0.5) is 0 Å². The standard InChI is InChI=1S/C18H15BrN6O/c19-15-9-7-14(8-10-15)18-21-24-25(22-18)12-17-20-16(23-26-17)11-6-13-4-2-1-3-5-13/h1-5,7-10H,6,11-12H2. The molecule has 26 heavy (non-hydrogen) atoms. The summed E-state index contributed by atoms with van der Waals surface area (Å²) in [5.41, 5.74) is 2.14. The quantitative estimate of drug-likeness (QED) is 0.484. The molecular formula is C18H15BrN6O. The molecule has 0 aliphatic rings. The van der Waals surface area contributed by atoms with Crippen LogP contribution in [0, 0.1) is 0 Å². The van der Waals surface area contributed by atoms with E-state index in [1.165, 1.54) is 10.4 Å². The second-order valence-corrected chi connectivity index (χ2v) is 6.66. The first-order valence-corrected chi connectivity index (χ1v) is 8.95. The summed E-state index contributed by atoms with van der Waals surface area (Å²) in [6.07, 6.45) is 1.59. The number of benzene rings is 2. The Morgan fingerprint density at radius 3 is 2.58 bits per heavy atom. The summed E-state index contributed by atoms with van der Waals surface area (Å²) in [5.74, 6) is 1.70. The van der Waals surface area contributed by atoms with Gasteiger partial charge in [0.25, 0.3) is 0 Å². The first-order valence-electron chi connectivity index (χ1n) is 8.15. The summed E-state index contributed by atoms with van der Waals surface area (Å²) in [6, 6.07) is 18.0. The normalized spacial score (nSPS) is 11.0. The molecule has 0 bridgehead atoms. The molecule has 130 valence electrons. The third-order valence-corrected chi connectivity index (χ3v) is 4.35. The number of halogens is 1. The summed E-state index contributed by atoms with van der Waals surface area (Å²) in [4.78, 5) is 5.85. The van der Waals surface area contributed by atoms with Crippen molar-refractivity contribution in [3.8, 4) is 11.4 Å². The van der Waals surface area contributed by atoms with Crippen LogP contribution in [0.3, 0.4) is 0 Å². The molecule has 7 nitrogen and oxygen atoms in total. The Labute approximate surface area is 158 Å². The zero-order valence-electron chi connectivity index (χ0n) is 13.8. The van der Waals surface area contributed by atoms with Crippen LogP contribution in [0.1, 0.15) is 17.3 Å². The van der Waals surface area contributed by atoms with Crippen LogP contribution >= 0.6 is 15.9 Å². The van der Waals surface area contributed by atoms with Crippen molar-refractivity contribution in [2.75, 3.05) is 0 Å². The van der Waals surface area contributed by atoms with Gasteiger partial charge in [-0.1, -0.05) is 51.4 Å². The number of nitrogens with zero attached hydrogens (tertiary/aromatic N) is 6. The van der Waals surface area contributed by atoms with Gasteiger partial charge in [-0.15, -0.1) is 10.2 Å². The Balaban J connectivity index is 1.39. The first kappa shape index (κ1) is 16.6. The van der Waals surface area contributed by atoms with Gasteiger partial charge in [0, 0.05) is 16.5 Å². The number of rotatable bonds is 6. The fourth-order valence-electron chi connectivity index (χ4n) is 2.50. The fraction of sp³-hybridized carbons (Fsp3) is 0.167. The Morgan fingerprint density at radius 1 is 0.962 bits per heavy atom. The van der Waals surface area contributed by atoms with E-state index < -0.39 is 0 Å². The number of hydrogen-bond acceptors (Lipinski definition) is 6. The molecule has 0 fully saturated rings. The van der Waals surface area contributed by atoms with Crippen molar-refractivity contribution >= 4 is 15.9 Å². The Kier molecular flexibility index (Phi) is 4.83. The zero-order chi connectivity index (χ0) is 17.8. The average Bonchev–Trinajstić information content (AvgIpc) is 3.32. The van der Waals surface area contributed by atoms with E-state index in [1.54, 1.807) is 0 Å². The van der Waals surface area contributed by atoms with Crippen LogP contribution in [0.5, 0.6) is 0 Å². The van der Waals surface area contributed by atoms with Gasteiger partial charge in [-0.25, -0.2) is 0 Å². The Morgan fingerprint density at radius 2 is 1.77 bits per heavy atom. The molecule has 0 N–H and O–H groups in total. The Bertz CT molecular complexity index is 980. The van der Waals surface area contributed by atoms with E-state index in [2.05, 4.69) is 53.6 Å². The molecule has 0 aliphatic carbocycles. The predicted octanol–water partition coefficient (Wildman–Crippen LogP) is 3.32. The SMILES string of the molecule is Brc1ccc(-c2nnn(Cc3nc(CCc4ccccc4)no3)n2)cc1. The van der Waals surface area contributed by atoms with E-state index in [1.807, 2.05) is 42.5 Å². The molecule has 0 atom stereocenters. The topological polar surface area (TPSA) is 82.5 Å². The molecule has 0 radical (unpaired) electrons. The lowest BCUT2D eigenvalue weighted by Gasteiger charge is -1.96. The van der Waals surface area contributed by atoms with E-state index in [4.69, 9.17) is 4.52 Å². The molecule has 2 heterocycles. The number of hydrogen-bond donors (Lipinski definition) is 0. The van der Waals surface area contributed by atoms with Crippen molar-refractivity contribution in [2.24, 2.45) is 0 Å². The monoisotopic (exact) mass is 410 g/mol. The lowest BCUT2D eigenvalue weighted by atomic mass is 10.1. The minimum atomic E-state index is 0.294. The molecule has 2 aromatic heterocycles. The van der Waals surface area contributed by atoms with Gasteiger partial charge in [0.15, 0.2) is 5.82 Å². The van der Waals surface area contributed by atoms with E-state index in [0.717, 1.165) is 22.9 Å². The van der Waals surface area contributed by atoms with Crippen molar-refractivity contribution in [1.82, 2.24) is 30.3 Å². The number of aryl methyl sites for hydroxylation is 2. The minimum Gasteiger partial charge on any atom is -0.337 e. The van der Waals surface area contributed by atoms with Crippen LogP contribution < -0.4 is 0 Å². The maximum absolute atomic E-state index is 5.29. The third kappa shape index (κ3) is 4.02. The maximum Gasteiger partial charge on any atom is 0.250 e. The van der Waals surface area contributed by atoms with E-state index >= 15 is 0 Å². The highest BCUT2D eigenvalue weighted by atomic mass is 79.9. The number of aromatic nitrogens is 6. The Hall–Kier alpha value is -2.87. The van der Waals surface area contributed by atoms with Crippen molar-refractivity contribution in [3.05, 3.63) is 76.3 Å². The van der Waals surface area contributed by atoms with Gasteiger partial charge in [-0.2, -0.15) is 9.78 Å². The van der Waals surface area contributed by atoms with Gasteiger partial charge in [0.2, 0.25) is 11.7 Å². The smallest absolute Gasteiger partial charge is 0.250 e. The second kappa shape index (κ2) is 7.57. The van der Waals surface area contributed by atoms with Crippen molar-refractivity contribution in [1.29, 1.82) is 0 Å². The van der Waals surface area contributed by atoms with Gasteiger partial charge < -0.3 is 4.52 Å². The maximum atomic E-state index is 5.29. The summed E-state index contributed by atoms with van der Waals surface area (Å²) < 4.78 is 6.29. The average molecular weight is 411 g/mol. The van der Waals surface area contributed by atoms with E-state index in [0.29, 0.717) is 24.1 Å². The molecule has 0 saturated carbocycles. The van der Waals surface area contributed by atoms with Gasteiger partial charge in [-0.3, -0.25) is 0 Å². The molecule has 0 amide bonds. The second-order valence-electron chi connectivity index (χ2n) is 5.74. The molecule has 8 heteroatoms. The van der Waals surface area contributed by atoms with Crippen molar-refractivity contribution in [3.63, 3.8) is 0 Å². The summed E-state index contributed by atoms with van der Waals surface area (Å²) in [7, 11) is 0. The summed E-state index contributed by atoms with van der Waals surface area (Å²) >= 11 is 3.41. The molecule has 0 saturated heterocycles. The highest BCUT2D eigenvalue weighted by Crippen LogP contribution is 2.17. The van der Waals surface area contributed by atoms with E-state index in [9.17, 15) is 0 Å². The molecule has 2 aromatic carbocycles. The van der Waals surface area contributed by atoms with Crippen LogP contribution in [0.2, 0.25) is 0 Å². The van der Waals surface area contributed by atoms with Crippen LogP contribution in [0.25, 0.3) is 11.4 Å². The van der Waals surface area contributed by atoms with Crippen LogP contribution in [-0.2, 0) is 19.4 Å². The first-order chi connectivity index (χ1) is 12.8. The molecule has 0 unspecified atom stereocenters. The lowest BCUT2D eigenvalue weighted by Crippen LogP contribution is -2.04. The van der Waals surface area contributed by atoms with Gasteiger partial charge in [0.1, 0.15) is 6.54 Å².